The lowest BCUT2D eigenvalue weighted by atomic mass is 10.0. The van der Waals surface area contributed by atoms with Gasteiger partial charge in [-0.1, -0.05) is 30.3 Å². The zero-order valence-electron chi connectivity index (χ0n) is 13.3. The Bertz CT molecular complexity index is 613. The highest BCUT2D eigenvalue weighted by molar-refractivity contribution is 5.42. The molecule has 2 N–H and O–H groups in total. The van der Waals surface area contributed by atoms with Crippen LogP contribution in [0.1, 0.15) is 29.7 Å². The van der Waals surface area contributed by atoms with E-state index >= 15 is 0 Å². The lowest BCUT2D eigenvalue weighted by Crippen LogP contribution is -2.19. The number of aliphatic hydroxyl groups excluding tert-OH is 1. The molecule has 0 aliphatic rings. The lowest BCUT2D eigenvalue weighted by Gasteiger charge is -2.19. The van der Waals surface area contributed by atoms with Crippen LogP contribution in [0.15, 0.2) is 42.5 Å². The van der Waals surface area contributed by atoms with Crippen molar-refractivity contribution >= 4 is 0 Å². The van der Waals surface area contributed by atoms with Crippen molar-refractivity contribution in [3.8, 4) is 11.5 Å². The van der Waals surface area contributed by atoms with Gasteiger partial charge in [-0.05, 0) is 24.1 Å². The van der Waals surface area contributed by atoms with E-state index < -0.39 is 0 Å². The van der Waals surface area contributed by atoms with Crippen molar-refractivity contribution in [2.75, 3.05) is 14.2 Å². The summed E-state index contributed by atoms with van der Waals surface area (Å²) in [6.07, 6.45) is 0. The number of hydrogen-bond acceptors (Lipinski definition) is 4. The second-order valence-electron chi connectivity index (χ2n) is 5.14. The van der Waals surface area contributed by atoms with Crippen LogP contribution in [-0.2, 0) is 13.2 Å². The van der Waals surface area contributed by atoms with Crippen LogP contribution in [-0.4, -0.2) is 19.3 Å². The summed E-state index contributed by atoms with van der Waals surface area (Å²) in [6, 6.07) is 13.8. The molecule has 0 saturated carbocycles. The highest BCUT2D eigenvalue weighted by Crippen LogP contribution is 2.29. The van der Waals surface area contributed by atoms with E-state index in [2.05, 4.69) is 12.2 Å². The fourth-order valence-electron chi connectivity index (χ4n) is 2.43. The van der Waals surface area contributed by atoms with Gasteiger partial charge in [-0.3, -0.25) is 0 Å². The Labute approximate surface area is 131 Å². The zero-order valence-corrected chi connectivity index (χ0v) is 13.3. The summed E-state index contributed by atoms with van der Waals surface area (Å²) in [5.74, 6) is 1.58. The smallest absolute Gasteiger partial charge is 0.127 e. The Morgan fingerprint density at radius 2 is 1.77 bits per heavy atom. The van der Waals surface area contributed by atoms with Gasteiger partial charge in [0.2, 0.25) is 0 Å². The van der Waals surface area contributed by atoms with Crippen molar-refractivity contribution < 1.29 is 14.6 Å². The van der Waals surface area contributed by atoms with Crippen LogP contribution in [0.3, 0.4) is 0 Å². The van der Waals surface area contributed by atoms with Crippen molar-refractivity contribution in [1.82, 2.24) is 5.32 Å². The average Bonchev–Trinajstić information content (AvgIpc) is 2.59. The second-order valence-corrected chi connectivity index (χ2v) is 5.14. The Kier molecular flexibility index (Phi) is 5.81. The molecule has 0 radical (unpaired) electrons. The fraction of sp³-hybridized carbons (Fsp3) is 0.333. The van der Waals surface area contributed by atoms with Crippen LogP contribution >= 0.6 is 0 Å². The van der Waals surface area contributed by atoms with Gasteiger partial charge in [-0.2, -0.15) is 0 Å². The Balaban J connectivity index is 2.10. The topological polar surface area (TPSA) is 50.7 Å². The molecular weight excluding hydrogens is 278 g/mol. The molecule has 2 aromatic rings. The number of hydrogen-bond donors (Lipinski definition) is 2. The van der Waals surface area contributed by atoms with Crippen molar-refractivity contribution in [1.29, 1.82) is 0 Å². The summed E-state index contributed by atoms with van der Waals surface area (Å²) in [6.45, 7) is 2.83. The molecule has 0 heterocycles. The van der Waals surface area contributed by atoms with Gasteiger partial charge in [-0.25, -0.2) is 0 Å². The zero-order chi connectivity index (χ0) is 15.9. The molecule has 0 aliphatic heterocycles. The summed E-state index contributed by atoms with van der Waals surface area (Å²) in [5.41, 5.74) is 3.12. The number of aliphatic hydroxyl groups is 1. The summed E-state index contributed by atoms with van der Waals surface area (Å²) < 4.78 is 10.7. The number of ether oxygens (including phenoxy) is 2. The third-order valence-corrected chi connectivity index (χ3v) is 3.79. The SMILES string of the molecule is COc1ccc(C(C)NCc2ccccc2CO)c(OC)c1. The first kappa shape index (κ1) is 16.3. The minimum absolute atomic E-state index is 0.0537. The Morgan fingerprint density at radius 1 is 1.05 bits per heavy atom. The van der Waals surface area contributed by atoms with E-state index in [1.807, 2.05) is 42.5 Å². The molecule has 1 unspecified atom stereocenters. The Hall–Kier alpha value is -2.04. The highest BCUT2D eigenvalue weighted by Gasteiger charge is 2.12. The predicted molar refractivity (Wildman–Crippen MR) is 87.2 cm³/mol. The number of rotatable bonds is 7. The van der Waals surface area contributed by atoms with Gasteiger partial charge in [0.15, 0.2) is 0 Å². The molecule has 4 heteroatoms. The third kappa shape index (κ3) is 3.78. The molecule has 4 nitrogen and oxygen atoms in total. The number of methoxy groups -OCH3 is 2. The van der Waals surface area contributed by atoms with E-state index in [1.54, 1.807) is 14.2 Å². The summed E-state index contributed by atoms with van der Waals surface area (Å²) >= 11 is 0. The maximum atomic E-state index is 9.38. The third-order valence-electron chi connectivity index (χ3n) is 3.79. The van der Waals surface area contributed by atoms with Gasteiger partial charge in [0.05, 0.1) is 20.8 Å². The number of benzene rings is 2. The van der Waals surface area contributed by atoms with E-state index in [0.29, 0.717) is 6.54 Å². The molecule has 0 bridgehead atoms. The van der Waals surface area contributed by atoms with Crippen molar-refractivity contribution in [2.24, 2.45) is 0 Å². The molecule has 0 saturated heterocycles. The van der Waals surface area contributed by atoms with Gasteiger partial charge in [-0.15, -0.1) is 0 Å². The van der Waals surface area contributed by atoms with Gasteiger partial charge >= 0.3 is 0 Å². The lowest BCUT2D eigenvalue weighted by molar-refractivity contribution is 0.280. The van der Waals surface area contributed by atoms with Crippen molar-refractivity contribution in [3.63, 3.8) is 0 Å². The molecule has 118 valence electrons. The minimum atomic E-state index is 0.0537. The van der Waals surface area contributed by atoms with Gasteiger partial charge in [0, 0.05) is 24.2 Å². The normalized spacial score (nSPS) is 12.0. The molecule has 0 spiro atoms. The van der Waals surface area contributed by atoms with Crippen LogP contribution in [0.4, 0.5) is 0 Å². The average molecular weight is 301 g/mol. The van der Waals surface area contributed by atoms with Crippen LogP contribution in [0.25, 0.3) is 0 Å². The summed E-state index contributed by atoms with van der Waals surface area (Å²) in [5, 5.41) is 12.8. The monoisotopic (exact) mass is 301 g/mol. The Morgan fingerprint density at radius 3 is 2.41 bits per heavy atom. The summed E-state index contributed by atoms with van der Waals surface area (Å²) in [7, 11) is 3.30. The molecular formula is C18H23NO3. The van der Waals surface area contributed by atoms with Gasteiger partial charge < -0.3 is 19.9 Å². The van der Waals surface area contributed by atoms with E-state index in [1.165, 1.54) is 0 Å². The van der Waals surface area contributed by atoms with E-state index in [9.17, 15) is 5.11 Å². The quantitative estimate of drug-likeness (QED) is 0.825. The predicted octanol–water partition coefficient (Wildman–Crippen LogP) is 3.05. The molecule has 2 aromatic carbocycles. The molecule has 22 heavy (non-hydrogen) atoms. The van der Waals surface area contributed by atoms with Crippen LogP contribution in [0.5, 0.6) is 11.5 Å². The standard InChI is InChI=1S/C18H23NO3/c1-13(17-9-8-16(21-2)10-18(17)22-3)19-11-14-6-4-5-7-15(14)12-20/h4-10,13,19-20H,11-12H2,1-3H3. The molecule has 0 fully saturated rings. The van der Waals surface area contributed by atoms with E-state index in [4.69, 9.17) is 9.47 Å². The van der Waals surface area contributed by atoms with Crippen LogP contribution < -0.4 is 14.8 Å². The largest absolute Gasteiger partial charge is 0.497 e. The first-order valence-corrected chi connectivity index (χ1v) is 7.32. The second kappa shape index (κ2) is 7.82. The fourth-order valence-corrected chi connectivity index (χ4v) is 2.43. The van der Waals surface area contributed by atoms with E-state index in [-0.39, 0.29) is 12.6 Å². The maximum Gasteiger partial charge on any atom is 0.127 e. The first-order chi connectivity index (χ1) is 10.7. The molecule has 0 aromatic heterocycles. The van der Waals surface area contributed by atoms with Crippen molar-refractivity contribution in [2.45, 2.75) is 26.1 Å². The first-order valence-electron chi connectivity index (χ1n) is 7.32. The summed E-state index contributed by atoms with van der Waals surface area (Å²) in [4.78, 5) is 0. The maximum absolute atomic E-state index is 9.38. The van der Waals surface area contributed by atoms with Crippen LogP contribution in [0, 0.1) is 0 Å². The minimum Gasteiger partial charge on any atom is -0.497 e. The van der Waals surface area contributed by atoms with E-state index in [0.717, 1.165) is 28.2 Å². The van der Waals surface area contributed by atoms with Crippen LogP contribution in [0.2, 0.25) is 0 Å². The number of nitrogens with one attached hydrogen (secondary N) is 1. The molecule has 1 atom stereocenters. The molecule has 0 aliphatic carbocycles. The van der Waals surface area contributed by atoms with Gasteiger partial charge in [0.1, 0.15) is 11.5 Å². The van der Waals surface area contributed by atoms with Gasteiger partial charge in [0.25, 0.3) is 0 Å². The van der Waals surface area contributed by atoms with Crippen molar-refractivity contribution in [3.05, 3.63) is 59.2 Å². The highest BCUT2D eigenvalue weighted by atomic mass is 16.5. The molecule has 2 rings (SSSR count). The molecule has 0 amide bonds.